The number of hydrogen-bond acceptors (Lipinski definition) is 3. The van der Waals surface area contributed by atoms with Gasteiger partial charge in [0.1, 0.15) is 5.69 Å². The molecule has 2 aromatic heterocycles. The molecule has 1 fully saturated rings. The van der Waals surface area contributed by atoms with Gasteiger partial charge in [-0.2, -0.15) is 5.10 Å². The van der Waals surface area contributed by atoms with E-state index in [2.05, 4.69) is 28.3 Å². The van der Waals surface area contributed by atoms with E-state index in [1.165, 1.54) is 16.3 Å². The molecule has 0 unspecified atom stereocenters. The average Bonchev–Trinajstić information content (AvgIpc) is 3.08. The van der Waals surface area contributed by atoms with Crippen molar-refractivity contribution in [2.24, 2.45) is 13.0 Å². The third-order valence-electron chi connectivity index (χ3n) is 5.00. The Kier molecular flexibility index (Phi) is 4.22. The van der Waals surface area contributed by atoms with Crippen LogP contribution < -0.4 is 0 Å². The number of nitrogens with zero attached hydrogens (tertiary/aromatic N) is 4. The number of benzene rings is 1. The van der Waals surface area contributed by atoms with E-state index in [0.29, 0.717) is 11.6 Å². The lowest BCUT2D eigenvalue weighted by Gasteiger charge is -2.32. The Morgan fingerprint density at radius 1 is 1.24 bits per heavy atom. The Labute approximate surface area is 147 Å². The number of aromatic nitrogens is 3. The van der Waals surface area contributed by atoms with Crippen molar-refractivity contribution in [2.45, 2.75) is 19.3 Å². The van der Waals surface area contributed by atoms with E-state index in [9.17, 15) is 4.79 Å². The van der Waals surface area contributed by atoms with Crippen LogP contribution in [0.2, 0.25) is 0 Å². The van der Waals surface area contributed by atoms with Gasteiger partial charge in [-0.15, -0.1) is 0 Å². The number of amides is 1. The van der Waals surface area contributed by atoms with E-state index in [4.69, 9.17) is 0 Å². The van der Waals surface area contributed by atoms with Crippen molar-refractivity contribution in [3.05, 3.63) is 60.2 Å². The number of piperidine rings is 1. The maximum Gasteiger partial charge on any atom is 0.274 e. The van der Waals surface area contributed by atoms with Gasteiger partial charge in [-0.05, 0) is 42.2 Å². The Morgan fingerprint density at radius 2 is 2.12 bits per heavy atom. The SMILES string of the molecule is Cn1ccc(C(=O)N2CCC[C@H](Cc3cncc4ccccc34)C2)n1. The first-order valence-electron chi connectivity index (χ1n) is 8.81. The van der Waals surface area contributed by atoms with Crippen molar-refractivity contribution in [1.82, 2.24) is 19.7 Å². The fourth-order valence-electron chi connectivity index (χ4n) is 3.76. The fourth-order valence-corrected chi connectivity index (χ4v) is 3.76. The van der Waals surface area contributed by atoms with Crippen molar-refractivity contribution in [3.8, 4) is 0 Å². The summed E-state index contributed by atoms with van der Waals surface area (Å²) in [6, 6.07) is 10.2. The molecule has 0 saturated carbocycles. The largest absolute Gasteiger partial charge is 0.337 e. The topological polar surface area (TPSA) is 51.0 Å². The molecule has 0 spiro atoms. The number of likely N-dealkylation sites (tertiary alicyclic amines) is 1. The van der Waals surface area contributed by atoms with E-state index in [1.54, 1.807) is 10.7 Å². The zero-order valence-electron chi connectivity index (χ0n) is 14.4. The molecule has 0 bridgehead atoms. The van der Waals surface area contributed by atoms with Crippen molar-refractivity contribution >= 4 is 16.7 Å². The van der Waals surface area contributed by atoms with Crippen LogP contribution in [0.15, 0.2) is 48.9 Å². The number of rotatable bonds is 3. The molecule has 5 nitrogen and oxygen atoms in total. The van der Waals surface area contributed by atoms with Crippen molar-refractivity contribution in [1.29, 1.82) is 0 Å². The maximum atomic E-state index is 12.7. The summed E-state index contributed by atoms with van der Waals surface area (Å²) < 4.78 is 1.68. The molecule has 1 atom stereocenters. The number of carbonyl (C=O) groups is 1. The van der Waals surface area contributed by atoms with Crippen LogP contribution in [-0.2, 0) is 13.5 Å². The first kappa shape index (κ1) is 15.8. The molecule has 3 aromatic rings. The van der Waals surface area contributed by atoms with Gasteiger partial charge in [-0.1, -0.05) is 24.3 Å². The smallest absolute Gasteiger partial charge is 0.274 e. The third-order valence-corrected chi connectivity index (χ3v) is 5.00. The summed E-state index contributed by atoms with van der Waals surface area (Å²) in [5.74, 6) is 0.510. The van der Waals surface area contributed by atoms with E-state index in [0.717, 1.165) is 32.4 Å². The van der Waals surface area contributed by atoms with Gasteiger partial charge in [0, 0.05) is 44.1 Å². The summed E-state index contributed by atoms with van der Waals surface area (Å²) in [6.45, 7) is 1.61. The summed E-state index contributed by atoms with van der Waals surface area (Å²) in [5.41, 5.74) is 1.81. The second kappa shape index (κ2) is 6.67. The highest BCUT2D eigenvalue weighted by molar-refractivity contribution is 5.92. The summed E-state index contributed by atoms with van der Waals surface area (Å²) in [4.78, 5) is 19.0. The maximum absolute atomic E-state index is 12.7. The van der Waals surface area contributed by atoms with Crippen LogP contribution in [0.25, 0.3) is 10.8 Å². The van der Waals surface area contributed by atoms with Gasteiger partial charge >= 0.3 is 0 Å². The molecule has 1 amide bonds. The molecule has 128 valence electrons. The number of carbonyl (C=O) groups excluding carboxylic acids is 1. The van der Waals surface area contributed by atoms with E-state index in [1.807, 2.05) is 36.6 Å². The minimum absolute atomic E-state index is 0.0429. The second-order valence-electron chi connectivity index (χ2n) is 6.86. The summed E-state index contributed by atoms with van der Waals surface area (Å²) in [7, 11) is 1.84. The molecule has 0 aliphatic carbocycles. The summed E-state index contributed by atoms with van der Waals surface area (Å²) in [6.07, 6.45) is 8.85. The monoisotopic (exact) mass is 334 g/mol. The highest BCUT2D eigenvalue weighted by Gasteiger charge is 2.26. The molecule has 1 aromatic carbocycles. The minimum Gasteiger partial charge on any atom is -0.337 e. The van der Waals surface area contributed by atoms with E-state index >= 15 is 0 Å². The summed E-state index contributed by atoms with van der Waals surface area (Å²) in [5, 5.41) is 6.70. The lowest BCUT2D eigenvalue weighted by Crippen LogP contribution is -2.40. The first-order valence-corrected chi connectivity index (χ1v) is 8.81. The summed E-state index contributed by atoms with van der Waals surface area (Å²) >= 11 is 0. The van der Waals surface area contributed by atoms with Gasteiger partial charge in [0.2, 0.25) is 0 Å². The molecule has 1 saturated heterocycles. The molecule has 3 heterocycles. The Balaban J connectivity index is 1.50. The number of hydrogen-bond donors (Lipinski definition) is 0. The molecule has 0 N–H and O–H groups in total. The molecule has 0 radical (unpaired) electrons. The number of fused-ring (bicyclic) bond motifs is 1. The standard InChI is InChI=1S/C20H22N4O/c1-23-10-8-19(22-23)20(25)24-9-4-5-15(14-24)11-17-13-21-12-16-6-2-3-7-18(16)17/h2-3,6-8,10,12-13,15H,4-5,9,11,14H2,1H3/t15-/m1/s1. The molecular formula is C20H22N4O. The predicted octanol–water partition coefficient (Wildman–Crippen LogP) is 3.06. The average molecular weight is 334 g/mol. The van der Waals surface area contributed by atoms with Crippen LogP contribution in [0.1, 0.15) is 28.9 Å². The highest BCUT2D eigenvalue weighted by Crippen LogP contribution is 2.25. The van der Waals surface area contributed by atoms with Crippen LogP contribution in [-0.4, -0.2) is 38.7 Å². The third kappa shape index (κ3) is 3.27. The van der Waals surface area contributed by atoms with Gasteiger partial charge in [0.05, 0.1) is 0 Å². The zero-order chi connectivity index (χ0) is 17.2. The van der Waals surface area contributed by atoms with E-state index < -0.39 is 0 Å². The van der Waals surface area contributed by atoms with Gasteiger partial charge in [-0.3, -0.25) is 14.5 Å². The van der Waals surface area contributed by atoms with Gasteiger partial charge in [0.15, 0.2) is 0 Å². The van der Waals surface area contributed by atoms with Crippen LogP contribution in [0.3, 0.4) is 0 Å². The van der Waals surface area contributed by atoms with Crippen molar-refractivity contribution in [3.63, 3.8) is 0 Å². The van der Waals surface area contributed by atoms with Crippen LogP contribution >= 0.6 is 0 Å². The zero-order valence-corrected chi connectivity index (χ0v) is 14.4. The van der Waals surface area contributed by atoms with Crippen LogP contribution in [0, 0.1) is 5.92 Å². The number of pyridine rings is 1. The van der Waals surface area contributed by atoms with Crippen molar-refractivity contribution in [2.75, 3.05) is 13.1 Å². The van der Waals surface area contributed by atoms with Crippen LogP contribution in [0.5, 0.6) is 0 Å². The Morgan fingerprint density at radius 3 is 2.96 bits per heavy atom. The molecule has 25 heavy (non-hydrogen) atoms. The second-order valence-corrected chi connectivity index (χ2v) is 6.86. The van der Waals surface area contributed by atoms with Crippen molar-refractivity contribution < 1.29 is 4.79 Å². The van der Waals surface area contributed by atoms with Gasteiger partial charge in [0.25, 0.3) is 5.91 Å². The predicted molar refractivity (Wildman–Crippen MR) is 97.3 cm³/mol. The normalized spacial score (nSPS) is 17.8. The lowest BCUT2D eigenvalue weighted by molar-refractivity contribution is 0.0666. The number of aryl methyl sites for hydroxylation is 1. The van der Waals surface area contributed by atoms with Gasteiger partial charge < -0.3 is 4.90 Å². The highest BCUT2D eigenvalue weighted by atomic mass is 16.2. The lowest BCUT2D eigenvalue weighted by atomic mass is 9.90. The molecule has 1 aliphatic heterocycles. The molecule has 5 heteroatoms. The molecule has 1 aliphatic rings. The van der Waals surface area contributed by atoms with Crippen LogP contribution in [0.4, 0.5) is 0 Å². The molecule has 4 rings (SSSR count). The van der Waals surface area contributed by atoms with Gasteiger partial charge in [-0.25, -0.2) is 0 Å². The first-order chi connectivity index (χ1) is 12.2. The Hall–Kier alpha value is -2.69. The molecular weight excluding hydrogens is 312 g/mol. The quantitative estimate of drug-likeness (QED) is 0.740. The Bertz CT molecular complexity index is 896. The van der Waals surface area contributed by atoms with E-state index in [-0.39, 0.29) is 5.91 Å². The minimum atomic E-state index is 0.0429. The fraction of sp³-hybridized carbons (Fsp3) is 0.350.